The van der Waals surface area contributed by atoms with Crippen LogP contribution in [0.2, 0.25) is 0 Å². The van der Waals surface area contributed by atoms with Crippen LogP contribution in [0.4, 0.5) is 5.69 Å². The van der Waals surface area contributed by atoms with E-state index in [1.54, 1.807) is 0 Å². The largest absolute Gasteiger partial charge is 0.400 e. The van der Waals surface area contributed by atoms with Crippen LogP contribution in [0.15, 0.2) is 48.5 Å². The molecule has 1 heterocycles. The van der Waals surface area contributed by atoms with Crippen LogP contribution in [-0.2, 0) is 0 Å². The Kier molecular flexibility index (Phi) is 3.21. The maximum absolute atomic E-state index is 7.00. The predicted octanol–water partition coefficient (Wildman–Crippen LogP) is 2.58. The second-order valence-electron chi connectivity index (χ2n) is 3.56. The smallest absolute Gasteiger partial charge is 0.0730 e. The molecule has 0 bridgehead atoms. The second-order valence-corrected chi connectivity index (χ2v) is 3.56. The Balaban J connectivity index is 0.000000514. The molecule has 1 aromatic heterocycles. The van der Waals surface area contributed by atoms with Crippen LogP contribution in [-0.4, -0.2) is 17.2 Å². The van der Waals surface area contributed by atoms with Crippen molar-refractivity contribution < 1.29 is 5.11 Å². The number of hydrogen-bond acceptors (Lipinski definition) is 3. The lowest BCUT2D eigenvalue weighted by Crippen LogP contribution is -1.91. The number of para-hydroxylation sites is 2. The fourth-order valence-electron chi connectivity index (χ4n) is 1.87. The van der Waals surface area contributed by atoms with Crippen molar-refractivity contribution in [1.29, 1.82) is 0 Å². The third-order valence-corrected chi connectivity index (χ3v) is 2.63. The molecule has 2 aromatic carbocycles. The molecule has 3 N–H and O–H groups in total. The van der Waals surface area contributed by atoms with E-state index in [0.717, 1.165) is 34.6 Å². The van der Waals surface area contributed by atoms with Gasteiger partial charge in [-0.25, -0.2) is 4.98 Å². The average molecular weight is 226 g/mol. The molecule has 3 nitrogen and oxygen atoms in total. The van der Waals surface area contributed by atoms with Crippen molar-refractivity contribution in [2.75, 3.05) is 12.8 Å². The summed E-state index contributed by atoms with van der Waals surface area (Å²) in [5.74, 6) is 0. The van der Waals surface area contributed by atoms with Gasteiger partial charge >= 0.3 is 0 Å². The number of nitrogens with zero attached hydrogens (tertiary/aromatic N) is 1. The summed E-state index contributed by atoms with van der Waals surface area (Å²) in [7, 11) is 1.00. The summed E-state index contributed by atoms with van der Waals surface area (Å²) in [5, 5.41) is 9.05. The lowest BCUT2D eigenvalue weighted by atomic mass is 10.1. The van der Waals surface area contributed by atoms with Crippen molar-refractivity contribution in [3.05, 3.63) is 48.5 Å². The SMILES string of the molecule is CO.Nc1c2ccccc2nc2ccccc12. The molecule has 0 aliphatic carbocycles. The number of fused-ring (bicyclic) bond motifs is 2. The molecule has 3 heteroatoms. The van der Waals surface area contributed by atoms with Gasteiger partial charge in [-0.1, -0.05) is 36.4 Å². The van der Waals surface area contributed by atoms with Crippen LogP contribution in [0.1, 0.15) is 0 Å². The first-order chi connectivity index (χ1) is 8.36. The Bertz CT molecular complexity index is 596. The topological polar surface area (TPSA) is 59.1 Å². The van der Waals surface area contributed by atoms with E-state index < -0.39 is 0 Å². The van der Waals surface area contributed by atoms with Crippen molar-refractivity contribution in [1.82, 2.24) is 4.98 Å². The first-order valence-electron chi connectivity index (χ1n) is 5.34. The molecule has 0 saturated carbocycles. The molecule has 0 amide bonds. The van der Waals surface area contributed by atoms with Gasteiger partial charge in [0.25, 0.3) is 0 Å². The van der Waals surface area contributed by atoms with Crippen LogP contribution in [0, 0.1) is 0 Å². The molecule has 0 spiro atoms. The van der Waals surface area contributed by atoms with Gasteiger partial charge in [-0.05, 0) is 12.1 Å². The Morgan fingerprint density at radius 1 is 0.824 bits per heavy atom. The van der Waals surface area contributed by atoms with Gasteiger partial charge in [0.05, 0.1) is 16.7 Å². The number of rotatable bonds is 0. The van der Waals surface area contributed by atoms with Gasteiger partial charge < -0.3 is 10.8 Å². The molecule has 0 radical (unpaired) electrons. The number of aliphatic hydroxyl groups is 1. The summed E-state index contributed by atoms with van der Waals surface area (Å²) < 4.78 is 0. The Morgan fingerprint density at radius 3 is 1.71 bits per heavy atom. The van der Waals surface area contributed by atoms with E-state index in [2.05, 4.69) is 4.98 Å². The fourth-order valence-corrected chi connectivity index (χ4v) is 1.87. The Morgan fingerprint density at radius 2 is 1.24 bits per heavy atom. The summed E-state index contributed by atoms with van der Waals surface area (Å²) in [6.07, 6.45) is 0. The van der Waals surface area contributed by atoms with Crippen molar-refractivity contribution in [2.24, 2.45) is 0 Å². The molecule has 0 fully saturated rings. The first-order valence-corrected chi connectivity index (χ1v) is 5.34. The molecule has 0 atom stereocenters. The highest BCUT2D eigenvalue weighted by atomic mass is 16.2. The maximum atomic E-state index is 7.00. The van der Waals surface area contributed by atoms with E-state index in [0.29, 0.717) is 0 Å². The number of aliphatic hydroxyl groups excluding tert-OH is 1. The molecular weight excluding hydrogens is 212 g/mol. The molecule has 0 aliphatic heterocycles. The molecule has 0 aliphatic rings. The van der Waals surface area contributed by atoms with Gasteiger partial charge in [-0.3, -0.25) is 0 Å². The number of nitrogen functional groups attached to an aromatic ring is 1. The minimum absolute atomic E-state index is 0.816. The van der Waals surface area contributed by atoms with Crippen LogP contribution < -0.4 is 5.73 Å². The number of aromatic nitrogens is 1. The van der Waals surface area contributed by atoms with E-state index in [4.69, 9.17) is 10.8 Å². The molecular formula is C14H14N2O. The monoisotopic (exact) mass is 226 g/mol. The van der Waals surface area contributed by atoms with Crippen molar-refractivity contribution in [2.45, 2.75) is 0 Å². The van der Waals surface area contributed by atoms with Gasteiger partial charge in [0, 0.05) is 17.9 Å². The minimum Gasteiger partial charge on any atom is -0.400 e. The summed E-state index contributed by atoms with van der Waals surface area (Å²) >= 11 is 0. The summed E-state index contributed by atoms with van der Waals surface area (Å²) in [4.78, 5) is 4.56. The summed E-state index contributed by atoms with van der Waals surface area (Å²) in [5.41, 5.74) is 8.84. The number of nitrogens with two attached hydrogens (primary N) is 1. The Hall–Kier alpha value is -2.13. The van der Waals surface area contributed by atoms with Gasteiger partial charge in [-0.15, -0.1) is 0 Å². The third-order valence-electron chi connectivity index (χ3n) is 2.63. The van der Waals surface area contributed by atoms with Gasteiger partial charge in [0.2, 0.25) is 0 Å². The van der Waals surface area contributed by atoms with Crippen LogP contribution in [0.25, 0.3) is 21.8 Å². The maximum Gasteiger partial charge on any atom is 0.0730 e. The van der Waals surface area contributed by atoms with Gasteiger partial charge in [0.15, 0.2) is 0 Å². The summed E-state index contributed by atoms with van der Waals surface area (Å²) in [6, 6.07) is 15.9. The fraction of sp³-hybridized carbons (Fsp3) is 0.0714. The molecule has 0 unspecified atom stereocenters. The highest BCUT2D eigenvalue weighted by Gasteiger charge is 2.03. The van der Waals surface area contributed by atoms with E-state index in [-0.39, 0.29) is 0 Å². The lowest BCUT2D eigenvalue weighted by Gasteiger charge is -2.05. The van der Waals surface area contributed by atoms with Crippen LogP contribution >= 0.6 is 0 Å². The van der Waals surface area contributed by atoms with Crippen molar-refractivity contribution in [3.63, 3.8) is 0 Å². The van der Waals surface area contributed by atoms with E-state index in [9.17, 15) is 0 Å². The first kappa shape index (κ1) is 11.4. The Labute approximate surface area is 99.5 Å². The number of benzene rings is 2. The predicted molar refractivity (Wildman–Crippen MR) is 71.8 cm³/mol. The highest BCUT2D eigenvalue weighted by Crippen LogP contribution is 2.27. The van der Waals surface area contributed by atoms with Gasteiger partial charge in [0.1, 0.15) is 0 Å². The summed E-state index contributed by atoms with van der Waals surface area (Å²) in [6.45, 7) is 0. The molecule has 3 aromatic rings. The van der Waals surface area contributed by atoms with Gasteiger partial charge in [-0.2, -0.15) is 0 Å². The van der Waals surface area contributed by atoms with E-state index in [1.807, 2.05) is 48.5 Å². The molecule has 0 saturated heterocycles. The lowest BCUT2D eigenvalue weighted by molar-refractivity contribution is 0.399. The standard InChI is InChI=1S/C13H10N2.CH4O/c14-13-9-5-1-3-7-11(9)15-12-8-4-2-6-10(12)13;1-2/h1-8H,(H2,14,15);2H,1H3. The van der Waals surface area contributed by atoms with Crippen LogP contribution in [0.5, 0.6) is 0 Å². The van der Waals surface area contributed by atoms with Crippen molar-refractivity contribution >= 4 is 27.5 Å². The quantitative estimate of drug-likeness (QED) is 0.579. The minimum atomic E-state index is 0.816. The number of anilines is 1. The number of pyridine rings is 1. The third kappa shape index (κ3) is 1.92. The second kappa shape index (κ2) is 4.80. The van der Waals surface area contributed by atoms with E-state index >= 15 is 0 Å². The number of hydrogen-bond donors (Lipinski definition) is 2. The average Bonchev–Trinajstić information content (AvgIpc) is 2.41. The molecule has 17 heavy (non-hydrogen) atoms. The zero-order chi connectivity index (χ0) is 12.3. The normalized spacial score (nSPS) is 10.0. The van der Waals surface area contributed by atoms with E-state index in [1.165, 1.54) is 0 Å². The zero-order valence-electron chi connectivity index (χ0n) is 9.59. The van der Waals surface area contributed by atoms with Crippen molar-refractivity contribution in [3.8, 4) is 0 Å². The highest BCUT2D eigenvalue weighted by molar-refractivity contribution is 6.06. The van der Waals surface area contributed by atoms with Crippen LogP contribution in [0.3, 0.4) is 0 Å². The zero-order valence-corrected chi connectivity index (χ0v) is 9.59. The molecule has 86 valence electrons. The molecule has 3 rings (SSSR count).